The second kappa shape index (κ2) is 12.5. The first-order valence-corrected chi connectivity index (χ1v) is 9.79. The van der Waals surface area contributed by atoms with Gasteiger partial charge in [-0.15, -0.1) is 0 Å². The Labute approximate surface area is 147 Å². The third kappa shape index (κ3) is 8.29. The minimum atomic E-state index is -0.727. The molecule has 0 spiro atoms. The Kier molecular flexibility index (Phi) is 11.0. The molecule has 0 heterocycles. The Bertz CT molecular complexity index is 367. The number of allylic oxidation sites excluding steroid dienone is 2. The largest absolute Gasteiger partial charge is 0.481 e. The van der Waals surface area contributed by atoms with Gasteiger partial charge < -0.3 is 15.3 Å². The fraction of sp³-hybridized carbons (Fsp3) is 0.850. The molecule has 0 saturated heterocycles. The van der Waals surface area contributed by atoms with Crippen LogP contribution in [0.3, 0.4) is 0 Å². The van der Waals surface area contributed by atoms with Crippen molar-refractivity contribution < 1.29 is 20.1 Å². The van der Waals surface area contributed by atoms with Gasteiger partial charge >= 0.3 is 5.97 Å². The van der Waals surface area contributed by atoms with Crippen molar-refractivity contribution >= 4 is 5.97 Å². The summed E-state index contributed by atoms with van der Waals surface area (Å²) in [6.45, 7) is 2.20. The van der Waals surface area contributed by atoms with E-state index >= 15 is 0 Å². The molecule has 1 rings (SSSR count). The number of aliphatic carboxylic acids is 1. The molecule has 0 aliphatic heterocycles. The molecule has 0 bridgehead atoms. The van der Waals surface area contributed by atoms with Crippen LogP contribution in [0.15, 0.2) is 12.2 Å². The molecule has 0 amide bonds. The topological polar surface area (TPSA) is 77.8 Å². The highest BCUT2D eigenvalue weighted by Crippen LogP contribution is 2.38. The lowest BCUT2D eigenvalue weighted by Gasteiger charge is -2.22. The van der Waals surface area contributed by atoms with Crippen LogP contribution in [0.25, 0.3) is 0 Å². The maximum atomic E-state index is 10.5. The van der Waals surface area contributed by atoms with E-state index in [1.807, 2.05) is 0 Å². The number of aliphatic hydroxyl groups excluding tert-OH is 2. The first-order valence-electron chi connectivity index (χ1n) is 9.79. The molecule has 4 heteroatoms. The van der Waals surface area contributed by atoms with Gasteiger partial charge in [-0.05, 0) is 50.4 Å². The molecule has 1 saturated carbocycles. The van der Waals surface area contributed by atoms with Crippen molar-refractivity contribution in [3.8, 4) is 0 Å². The Morgan fingerprint density at radius 3 is 2.38 bits per heavy atom. The van der Waals surface area contributed by atoms with E-state index < -0.39 is 18.2 Å². The Morgan fingerprint density at radius 2 is 1.67 bits per heavy atom. The standard InChI is InChI=1S/C20H36O4/c1-2-3-4-5-6-9-12-16-17(19(22)15-18(16)21)13-10-7-8-11-14-20(23)24/h6,9,16-19,21-22H,2-5,7-8,10-15H2,1H3,(H,23,24)/t16-,17-,18-,19+/m1/s1. The number of rotatable bonds is 13. The van der Waals surface area contributed by atoms with Gasteiger partial charge in [-0.3, -0.25) is 4.79 Å². The van der Waals surface area contributed by atoms with Crippen LogP contribution in [0, 0.1) is 11.8 Å². The van der Waals surface area contributed by atoms with Crippen molar-refractivity contribution in [1.82, 2.24) is 0 Å². The van der Waals surface area contributed by atoms with Gasteiger partial charge in [-0.2, -0.15) is 0 Å². The molecule has 1 aliphatic carbocycles. The van der Waals surface area contributed by atoms with E-state index in [-0.39, 0.29) is 18.3 Å². The summed E-state index contributed by atoms with van der Waals surface area (Å²) < 4.78 is 0. The number of carboxylic acid groups (broad SMARTS) is 1. The van der Waals surface area contributed by atoms with E-state index in [0.717, 1.165) is 44.9 Å². The van der Waals surface area contributed by atoms with Gasteiger partial charge in [-0.25, -0.2) is 0 Å². The maximum Gasteiger partial charge on any atom is 0.303 e. The van der Waals surface area contributed by atoms with Gasteiger partial charge in [0.25, 0.3) is 0 Å². The monoisotopic (exact) mass is 340 g/mol. The van der Waals surface area contributed by atoms with Crippen LogP contribution >= 0.6 is 0 Å². The molecule has 4 atom stereocenters. The van der Waals surface area contributed by atoms with Crippen molar-refractivity contribution in [3.63, 3.8) is 0 Å². The van der Waals surface area contributed by atoms with E-state index in [1.165, 1.54) is 19.3 Å². The van der Waals surface area contributed by atoms with Crippen LogP contribution in [0.4, 0.5) is 0 Å². The van der Waals surface area contributed by atoms with Gasteiger partial charge in [0, 0.05) is 6.42 Å². The highest BCUT2D eigenvalue weighted by atomic mass is 16.4. The van der Waals surface area contributed by atoms with Crippen LogP contribution in [0.2, 0.25) is 0 Å². The van der Waals surface area contributed by atoms with Crippen LogP contribution < -0.4 is 0 Å². The lowest BCUT2D eigenvalue weighted by molar-refractivity contribution is -0.137. The lowest BCUT2D eigenvalue weighted by Crippen LogP contribution is -2.21. The molecular weight excluding hydrogens is 304 g/mol. The summed E-state index contributed by atoms with van der Waals surface area (Å²) in [6, 6.07) is 0. The number of carbonyl (C=O) groups is 1. The van der Waals surface area contributed by atoms with Crippen molar-refractivity contribution in [3.05, 3.63) is 12.2 Å². The lowest BCUT2D eigenvalue weighted by atomic mass is 9.86. The summed E-state index contributed by atoms with van der Waals surface area (Å²) in [6.07, 6.45) is 14.6. The van der Waals surface area contributed by atoms with E-state index in [9.17, 15) is 15.0 Å². The molecule has 4 nitrogen and oxygen atoms in total. The van der Waals surface area contributed by atoms with Crippen molar-refractivity contribution in [1.29, 1.82) is 0 Å². The minimum Gasteiger partial charge on any atom is -0.481 e. The van der Waals surface area contributed by atoms with Crippen LogP contribution in [0.5, 0.6) is 0 Å². The molecule has 3 N–H and O–H groups in total. The summed E-state index contributed by atoms with van der Waals surface area (Å²) in [4.78, 5) is 10.5. The van der Waals surface area contributed by atoms with E-state index in [0.29, 0.717) is 6.42 Å². The Morgan fingerprint density at radius 1 is 0.958 bits per heavy atom. The molecule has 1 fully saturated rings. The van der Waals surface area contributed by atoms with Gasteiger partial charge in [0.2, 0.25) is 0 Å². The molecule has 1 aliphatic rings. The Balaban J connectivity index is 2.27. The van der Waals surface area contributed by atoms with E-state index in [1.54, 1.807) is 0 Å². The highest BCUT2D eigenvalue weighted by molar-refractivity contribution is 5.66. The second-order valence-electron chi connectivity index (χ2n) is 7.25. The zero-order chi connectivity index (χ0) is 17.8. The molecule has 0 aromatic rings. The molecule has 0 unspecified atom stereocenters. The number of hydrogen-bond donors (Lipinski definition) is 3. The summed E-state index contributed by atoms with van der Waals surface area (Å²) in [5.41, 5.74) is 0. The van der Waals surface area contributed by atoms with Crippen LogP contribution in [0.1, 0.15) is 84.0 Å². The molecule has 0 radical (unpaired) electrons. The number of aliphatic hydroxyl groups is 2. The third-order valence-corrected chi connectivity index (χ3v) is 5.25. The molecule has 0 aromatic heterocycles. The van der Waals surface area contributed by atoms with Crippen molar-refractivity contribution in [2.75, 3.05) is 0 Å². The summed E-state index contributed by atoms with van der Waals surface area (Å²) in [7, 11) is 0. The quantitative estimate of drug-likeness (QED) is 0.345. The summed E-state index contributed by atoms with van der Waals surface area (Å²) in [5.74, 6) is -0.378. The zero-order valence-corrected chi connectivity index (χ0v) is 15.2. The smallest absolute Gasteiger partial charge is 0.303 e. The first kappa shape index (κ1) is 21.2. The van der Waals surface area contributed by atoms with Gasteiger partial charge in [0.05, 0.1) is 12.2 Å². The number of hydrogen-bond acceptors (Lipinski definition) is 3. The molecule has 24 heavy (non-hydrogen) atoms. The number of unbranched alkanes of at least 4 members (excludes halogenated alkanes) is 6. The van der Waals surface area contributed by atoms with Gasteiger partial charge in [0.15, 0.2) is 0 Å². The predicted octanol–water partition coefficient (Wildman–Crippen LogP) is 4.30. The molecule has 0 aromatic carbocycles. The van der Waals surface area contributed by atoms with E-state index in [2.05, 4.69) is 19.1 Å². The summed E-state index contributed by atoms with van der Waals surface area (Å²) >= 11 is 0. The first-order chi connectivity index (χ1) is 11.6. The molecule has 140 valence electrons. The van der Waals surface area contributed by atoms with E-state index in [4.69, 9.17) is 5.11 Å². The second-order valence-corrected chi connectivity index (χ2v) is 7.25. The SMILES string of the molecule is CCCCCC=CC[C@@H]1[C@@H](CCCCCCC(=O)O)[C@@H](O)C[C@H]1O. The minimum absolute atomic E-state index is 0.168. The number of carboxylic acids is 1. The normalized spacial score (nSPS) is 27.1. The van der Waals surface area contributed by atoms with Crippen molar-refractivity contribution in [2.24, 2.45) is 11.8 Å². The molecular formula is C20H36O4. The summed E-state index contributed by atoms with van der Waals surface area (Å²) in [5, 5.41) is 29.1. The average Bonchev–Trinajstić information content (AvgIpc) is 2.80. The zero-order valence-electron chi connectivity index (χ0n) is 15.2. The van der Waals surface area contributed by atoms with Crippen LogP contribution in [-0.2, 0) is 4.79 Å². The Hall–Kier alpha value is -0.870. The predicted molar refractivity (Wildman–Crippen MR) is 96.8 cm³/mol. The average molecular weight is 341 g/mol. The fourth-order valence-corrected chi connectivity index (χ4v) is 3.80. The van der Waals surface area contributed by atoms with Crippen LogP contribution in [-0.4, -0.2) is 33.5 Å². The fourth-order valence-electron chi connectivity index (χ4n) is 3.80. The highest BCUT2D eigenvalue weighted by Gasteiger charge is 2.40. The third-order valence-electron chi connectivity index (χ3n) is 5.25. The van der Waals surface area contributed by atoms with Gasteiger partial charge in [-0.1, -0.05) is 51.2 Å². The maximum absolute atomic E-state index is 10.5. The van der Waals surface area contributed by atoms with Gasteiger partial charge in [0.1, 0.15) is 0 Å². The van der Waals surface area contributed by atoms with Crippen molar-refractivity contribution in [2.45, 2.75) is 96.2 Å².